The summed E-state index contributed by atoms with van der Waals surface area (Å²) in [6.07, 6.45) is 0. The van der Waals surface area contributed by atoms with Crippen LogP contribution in [0.2, 0.25) is 0 Å². The van der Waals surface area contributed by atoms with Crippen molar-refractivity contribution in [1.29, 1.82) is 10.5 Å². The molecule has 1 amide bonds. The van der Waals surface area contributed by atoms with Crippen molar-refractivity contribution in [2.75, 3.05) is 26.0 Å². The molecule has 0 aromatic carbocycles. The van der Waals surface area contributed by atoms with E-state index in [1.54, 1.807) is 14.0 Å². The Hall–Kier alpha value is -2.29. The number of carbonyl (C=O) groups excluding carboxylic acids is 1. The molecule has 0 fully saturated rings. The number of ether oxygens (including phenoxy) is 1. The molecule has 1 heterocycles. The topological polar surface area (TPSA) is 125 Å². The number of thioether (sulfide) groups is 1. The number of pyridine rings is 1. The smallest absolute Gasteiger partial charge is 0.233 e. The van der Waals surface area contributed by atoms with Crippen LogP contribution in [0.1, 0.15) is 18.1 Å². The number of nitrogen functional groups attached to an aromatic ring is 1. The Labute approximate surface area is 127 Å². The first-order valence-corrected chi connectivity index (χ1v) is 6.95. The van der Waals surface area contributed by atoms with Gasteiger partial charge in [0.05, 0.1) is 23.0 Å². The number of aromatic nitrogens is 1. The Bertz CT molecular complexity index is 606. The molecule has 0 spiro atoms. The van der Waals surface area contributed by atoms with Gasteiger partial charge < -0.3 is 15.8 Å². The second-order valence-electron chi connectivity index (χ2n) is 4.04. The SMILES string of the molecule is COCCNC(=O)[C@H](C)Sc1nc(N)c(C#N)cc1C#N. The van der Waals surface area contributed by atoms with Gasteiger partial charge in [-0.15, -0.1) is 0 Å². The van der Waals surface area contributed by atoms with Gasteiger partial charge in [0.1, 0.15) is 23.0 Å². The molecule has 1 aromatic heterocycles. The molecule has 0 aliphatic heterocycles. The lowest BCUT2D eigenvalue weighted by atomic mass is 10.2. The summed E-state index contributed by atoms with van der Waals surface area (Å²) in [4.78, 5) is 15.9. The van der Waals surface area contributed by atoms with E-state index in [4.69, 9.17) is 21.0 Å². The van der Waals surface area contributed by atoms with E-state index in [2.05, 4.69) is 10.3 Å². The number of carbonyl (C=O) groups is 1. The minimum atomic E-state index is -0.450. The van der Waals surface area contributed by atoms with E-state index in [0.717, 1.165) is 11.8 Å². The third-order valence-corrected chi connectivity index (χ3v) is 3.62. The van der Waals surface area contributed by atoms with E-state index in [1.807, 2.05) is 12.1 Å². The van der Waals surface area contributed by atoms with Crippen molar-refractivity contribution in [1.82, 2.24) is 10.3 Å². The normalized spacial score (nSPS) is 11.2. The first-order chi connectivity index (χ1) is 10.0. The minimum absolute atomic E-state index is 0.0472. The standard InChI is InChI=1S/C13H15N5O2S/c1-8(12(19)17-3-4-20-2)21-13-10(7-15)5-9(6-14)11(16)18-13/h5,8H,3-4H2,1-2H3,(H2,16,18)(H,17,19)/t8-/m0/s1. The van der Waals surface area contributed by atoms with Gasteiger partial charge in [-0.25, -0.2) is 4.98 Å². The maximum absolute atomic E-state index is 11.8. The Balaban J connectivity index is 2.83. The first kappa shape index (κ1) is 16.8. The molecule has 1 atom stereocenters. The summed E-state index contributed by atoms with van der Waals surface area (Å²) in [5.41, 5.74) is 6.00. The molecule has 0 aliphatic rings. The molecule has 3 N–H and O–H groups in total. The van der Waals surface area contributed by atoms with Crippen LogP contribution in [0, 0.1) is 22.7 Å². The number of hydrogen-bond acceptors (Lipinski definition) is 7. The number of nitrogens with zero attached hydrogens (tertiary/aromatic N) is 3. The Morgan fingerprint density at radius 2 is 2.19 bits per heavy atom. The highest BCUT2D eigenvalue weighted by Crippen LogP contribution is 2.27. The van der Waals surface area contributed by atoms with Gasteiger partial charge in [0, 0.05) is 13.7 Å². The predicted octanol–water partition coefficient (Wildman–Crippen LogP) is 0.650. The van der Waals surface area contributed by atoms with E-state index >= 15 is 0 Å². The molecular weight excluding hydrogens is 290 g/mol. The lowest BCUT2D eigenvalue weighted by Crippen LogP contribution is -2.33. The fourth-order valence-corrected chi connectivity index (χ4v) is 2.32. The Morgan fingerprint density at radius 1 is 1.52 bits per heavy atom. The molecular formula is C13H15N5O2S. The quantitative estimate of drug-likeness (QED) is 0.584. The monoisotopic (exact) mass is 305 g/mol. The Morgan fingerprint density at radius 3 is 2.76 bits per heavy atom. The minimum Gasteiger partial charge on any atom is -0.383 e. The van der Waals surface area contributed by atoms with Crippen LogP contribution in [0.25, 0.3) is 0 Å². The number of hydrogen-bond donors (Lipinski definition) is 2. The van der Waals surface area contributed by atoms with Crippen LogP contribution in [-0.4, -0.2) is 36.4 Å². The van der Waals surface area contributed by atoms with Gasteiger partial charge in [-0.3, -0.25) is 4.79 Å². The van der Waals surface area contributed by atoms with Gasteiger partial charge in [0.25, 0.3) is 0 Å². The number of nitrogens with one attached hydrogen (secondary N) is 1. The average molecular weight is 305 g/mol. The van der Waals surface area contributed by atoms with Crippen molar-refractivity contribution in [2.24, 2.45) is 0 Å². The van der Waals surface area contributed by atoms with Crippen LogP contribution in [0.3, 0.4) is 0 Å². The summed E-state index contributed by atoms with van der Waals surface area (Å²) in [7, 11) is 1.55. The average Bonchev–Trinajstić information content (AvgIpc) is 2.47. The van der Waals surface area contributed by atoms with Crippen LogP contribution < -0.4 is 11.1 Å². The van der Waals surface area contributed by atoms with Gasteiger partial charge in [-0.05, 0) is 13.0 Å². The van der Waals surface area contributed by atoms with E-state index in [9.17, 15) is 4.79 Å². The largest absolute Gasteiger partial charge is 0.383 e. The van der Waals surface area contributed by atoms with E-state index in [-0.39, 0.29) is 22.9 Å². The van der Waals surface area contributed by atoms with Gasteiger partial charge in [-0.1, -0.05) is 11.8 Å². The molecule has 0 radical (unpaired) electrons. The maximum atomic E-state index is 11.8. The van der Waals surface area contributed by atoms with Crippen molar-refractivity contribution in [3.63, 3.8) is 0 Å². The zero-order chi connectivity index (χ0) is 15.8. The second-order valence-corrected chi connectivity index (χ2v) is 5.37. The summed E-state index contributed by atoms with van der Waals surface area (Å²) in [5.74, 6) is -0.142. The van der Waals surface area contributed by atoms with Crippen LogP contribution in [-0.2, 0) is 9.53 Å². The fourth-order valence-electron chi connectivity index (χ4n) is 1.41. The summed E-state index contributed by atoms with van der Waals surface area (Å²) in [5, 5.41) is 20.5. The highest BCUT2D eigenvalue weighted by atomic mass is 32.2. The van der Waals surface area contributed by atoms with Gasteiger partial charge in [0.15, 0.2) is 0 Å². The molecule has 0 saturated heterocycles. The highest BCUT2D eigenvalue weighted by molar-refractivity contribution is 8.00. The zero-order valence-corrected chi connectivity index (χ0v) is 12.5. The van der Waals surface area contributed by atoms with E-state index < -0.39 is 5.25 Å². The van der Waals surface area contributed by atoms with E-state index in [0.29, 0.717) is 18.2 Å². The first-order valence-electron chi connectivity index (χ1n) is 6.07. The third-order valence-electron chi connectivity index (χ3n) is 2.52. The number of anilines is 1. The number of nitrogens with two attached hydrogens (primary N) is 1. The van der Waals surface area contributed by atoms with Gasteiger partial charge in [0.2, 0.25) is 5.91 Å². The lowest BCUT2D eigenvalue weighted by Gasteiger charge is -2.12. The number of rotatable bonds is 6. The summed E-state index contributed by atoms with van der Waals surface area (Å²) in [6.45, 7) is 2.53. The number of amides is 1. The summed E-state index contributed by atoms with van der Waals surface area (Å²) < 4.78 is 4.84. The van der Waals surface area contributed by atoms with Crippen molar-refractivity contribution in [3.05, 3.63) is 17.2 Å². The molecule has 110 valence electrons. The molecule has 0 aliphatic carbocycles. The van der Waals surface area contributed by atoms with Crippen molar-refractivity contribution < 1.29 is 9.53 Å². The van der Waals surface area contributed by atoms with Crippen LogP contribution >= 0.6 is 11.8 Å². The molecule has 7 nitrogen and oxygen atoms in total. The van der Waals surface area contributed by atoms with Crippen LogP contribution in [0.5, 0.6) is 0 Å². The maximum Gasteiger partial charge on any atom is 0.233 e. The van der Waals surface area contributed by atoms with Crippen LogP contribution in [0.4, 0.5) is 5.82 Å². The number of nitriles is 2. The van der Waals surface area contributed by atoms with Gasteiger partial charge >= 0.3 is 0 Å². The molecule has 0 saturated carbocycles. The molecule has 0 unspecified atom stereocenters. The number of methoxy groups -OCH3 is 1. The molecule has 0 bridgehead atoms. The molecule has 1 rings (SSSR count). The molecule has 1 aromatic rings. The van der Waals surface area contributed by atoms with Gasteiger partial charge in [-0.2, -0.15) is 10.5 Å². The lowest BCUT2D eigenvalue weighted by molar-refractivity contribution is -0.120. The highest BCUT2D eigenvalue weighted by Gasteiger charge is 2.18. The zero-order valence-electron chi connectivity index (χ0n) is 11.7. The summed E-state index contributed by atoms with van der Waals surface area (Å²) >= 11 is 1.12. The van der Waals surface area contributed by atoms with Crippen molar-refractivity contribution >= 4 is 23.5 Å². The van der Waals surface area contributed by atoms with Crippen LogP contribution in [0.15, 0.2) is 11.1 Å². The van der Waals surface area contributed by atoms with E-state index in [1.165, 1.54) is 6.07 Å². The van der Waals surface area contributed by atoms with Crippen molar-refractivity contribution in [3.8, 4) is 12.1 Å². The van der Waals surface area contributed by atoms with Crippen molar-refractivity contribution in [2.45, 2.75) is 17.2 Å². The third kappa shape index (κ3) is 4.63. The fraction of sp³-hybridized carbons (Fsp3) is 0.385. The molecule has 21 heavy (non-hydrogen) atoms. The summed E-state index contributed by atoms with van der Waals surface area (Å²) in [6, 6.07) is 5.19. The molecule has 8 heteroatoms. The predicted molar refractivity (Wildman–Crippen MR) is 78.3 cm³/mol. The Kier molecular flexibility index (Phi) is 6.47. The second kappa shape index (κ2) is 8.10.